The lowest BCUT2D eigenvalue weighted by Crippen LogP contribution is -2.44. The van der Waals surface area contributed by atoms with Gasteiger partial charge in [0.05, 0.1) is 0 Å². The van der Waals surface area contributed by atoms with Crippen LogP contribution in [0.4, 0.5) is 0 Å². The maximum Gasteiger partial charge on any atom is -0.0241 e. The van der Waals surface area contributed by atoms with Crippen LogP contribution in [0.3, 0.4) is 0 Å². The largest absolute Gasteiger partial charge is 0.0617 e. The summed E-state index contributed by atoms with van der Waals surface area (Å²) in [5, 5.41) is 0. The quantitative estimate of drug-likeness (QED) is 0.508. The first-order valence-electron chi connectivity index (χ1n) is 10.7. The Morgan fingerprint density at radius 2 is 0.909 bits per heavy atom. The van der Waals surface area contributed by atoms with Crippen LogP contribution in [-0.4, -0.2) is 0 Å². The lowest BCUT2D eigenvalue weighted by atomic mass is 9.52. The Kier molecular flexibility index (Phi) is 5.91. The normalized spacial score (nSPS) is 30.8. The Labute approximate surface area is 139 Å². The first-order valence-corrected chi connectivity index (χ1v) is 10.7. The van der Waals surface area contributed by atoms with Gasteiger partial charge in [0.2, 0.25) is 0 Å². The maximum atomic E-state index is 2.68. The van der Waals surface area contributed by atoms with Crippen LogP contribution in [0.2, 0.25) is 0 Å². The molecule has 0 radical (unpaired) electrons. The van der Waals surface area contributed by atoms with E-state index in [4.69, 9.17) is 0 Å². The van der Waals surface area contributed by atoms with Crippen molar-refractivity contribution < 1.29 is 0 Å². The molecule has 3 fully saturated rings. The average molecular weight is 305 g/mol. The van der Waals surface area contributed by atoms with E-state index in [-0.39, 0.29) is 0 Å². The monoisotopic (exact) mass is 304 g/mol. The highest BCUT2D eigenvalue weighted by atomic mass is 14.5. The Morgan fingerprint density at radius 1 is 0.545 bits per heavy atom. The van der Waals surface area contributed by atoms with Crippen LogP contribution in [0.5, 0.6) is 0 Å². The standard InChI is InChI=1S/C22H40/c1-18(20-12-6-3-7-13-20)22(16-10-5-11-17-22)19(2)21-14-8-4-9-15-21/h18-21H,3-17H2,1-2H3. The molecule has 0 N–H and O–H groups in total. The highest BCUT2D eigenvalue weighted by Gasteiger charge is 2.46. The summed E-state index contributed by atoms with van der Waals surface area (Å²) in [6.07, 6.45) is 22.9. The summed E-state index contributed by atoms with van der Waals surface area (Å²) in [6.45, 7) is 5.36. The molecule has 0 heteroatoms. The summed E-state index contributed by atoms with van der Waals surface area (Å²) in [7, 11) is 0. The van der Waals surface area contributed by atoms with Gasteiger partial charge in [-0.25, -0.2) is 0 Å². The second-order valence-corrected chi connectivity index (χ2v) is 9.17. The minimum absolute atomic E-state index is 0.711. The zero-order valence-corrected chi connectivity index (χ0v) is 15.4. The van der Waals surface area contributed by atoms with Crippen LogP contribution in [0, 0.1) is 29.1 Å². The fourth-order valence-corrected chi connectivity index (χ4v) is 6.74. The van der Waals surface area contributed by atoms with Gasteiger partial charge < -0.3 is 0 Å². The molecule has 0 aliphatic heterocycles. The average Bonchev–Trinajstić information content (AvgIpc) is 2.62. The Hall–Kier alpha value is 0. The molecular weight excluding hydrogens is 264 g/mol. The molecule has 2 atom stereocenters. The molecule has 0 aromatic carbocycles. The Morgan fingerprint density at radius 3 is 1.32 bits per heavy atom. The van der Waals surface area contributed by atoms with E-state index in [1.807, 2.05) is 0 Å². The second-order valence-electron chi connectivity index (χ2n) is 9.17. The summed E-state index contributed by atoms with van der Waals surface area (Å²) in [5.41, 5.74) is 0.711. The molecular formula is C22H40. The van der Waals surface area contributed by atoms with Crippen molar-refractivity contribution in [2.75, 3.05) is 0 Å². The van der Waals surface area contributed by atoms with E-state index in [2.05, 4.69) is 13.8 Å². The van der Waals surface area contributed by atoms with Gasteiger partial charge in [-0.2, -0.15) is 0 Å². The minimum atomic E-state index is 0.711. The van der Waals surface area contributed by atoms with Gasteiger partial charge in [-0.3, -0.25) is 0 Å². The summed E-state index contributed by atoms with van der Waals surface area (Å²) in [4.78, 5) is 0. The zero-order chi connectivity index (χ0) is 15.4. The maximum absolute atomic E-state index is 2.68. The van der Waals surface area contributed by atoms with E-state index >= 15 is 0 Å². The van der Waals surface area contributed by atoms with Gasteiger partial charge in [0.1, 0.15) is 0 Å². The molecule has 2 unspecified atom stereocenters. The number of hydrogen-bond donors (Lipinski definition) is 0. The second kappa shape index (κ2) is 7.71. The van der Waals surface area contributed by atoms with Crippen molar-refractivity contribution in [3.05, 3.63) is 0 Å². The Bertz CT molecular complexity index is 287. The summed E-state index contributed by atoms with van der Waals surface area (Å²) in [6, 6.07) is 0. The van der Waals surface area contributed by atoms with Crippen LogP contribution >= 0.6 is 0 Å². The van der Waals surface area contributed by atoms with Crippen molar-refractivity contribution in [3.63, 3.8) is 0 Å². The third kappa shape index (κ3) is 3.41. The molecule has 0 heterocycles. The van der Waals surface area contributed by atoms with E-state index in [0.29, 0.717) is 5.41 Å². The van der Waals surface area contributed by atoms with E-state index < -0.39 is 0 Å². The third-order valence-electron chi connectivity index (χ3n) is 8.31. The van der Waals surface area contributed by atoms with Crippen molar-refractivity contribution in [2.24, 2.45) is 29.1 Å². The van der Waals surface area contributed by atoms with Gasteiger partial charge in [0.25, 0.3) is 0 Å². The highest BCUT2D eigenvalue weighted by molar-refractivity contribution is 4.96. The molecule has 0 aromatic heterocycles. The fourth-order valence-electron chi connectivity index (χ4n) is 6.74. The summed E-state index contributed by atoms with van der Waals surface area (Å²) in [5.74, 6) is 4.09. The smallest absolute Gasteiger partial charge is 0.0241 e. The van der Waals surface area contributed by atoms with Gasteiger partial charge in [-0.1, -0.05) is 97.3 Å². The van der Waals surface area contributed by atoms with Crippen LogP contribution in [-0.2, 0) is 0 Å². The van der Waals surface area contributed by atoms with Crippen molar-refractivity contribution >= 4 is 0 Å². The molecule has 128 valence electrons. The van der Waals surface area contributed by atoms with Crippen molar-refractivity contribution in [1.82, 2.24) is 0 Å². The van der Waals surface area contributed by atoms with E-state index in [0.717, 1.165) is 23.7 Å². The van der Waals surface area contributed by atoms with Gasteiger partial charge in [0, 0.05) is 0 Å². The van der Waals surface area contributed by atoms with E-state index in [1.54, 1.807) is 38.5 Å². The van der Waals surface area contributed by atoms with Crippen LogP contribution in [0.1, 0.15) is 110 Å². The summed E-state index contributed by atoms with van der Waals surface area (Å²) >= 11 is 0. The number of hydrogen-bond acceptors (Lipinski definition) is 0. The first-order chi connectivity index (χ1) is 10.7. The molecule has 0 aromatic rings. The molecule has 3 rings (SSSR count). The zero-order valence-electron chi connectivity index (χ0n) is 15.4. The third-order valence-corrected chi connectivity index (χ3v) is 8.31. The van der Waals surface area contributed by atoms with Crippen molar-refractivity contribution in [3.8, 4) is 0 Å². The SMILES string of the molecule is CC(C1CCCCC1)C1(C(C)C2CCCCC2)CCCCC1. The molecule has 0 amide bonds. The molecule has 0 spiro atoms. The van der Waals surface area contributed by atoms with Gasteiger partial charge in [-0.15, -0.1) is 0 Å². The fraction of sp³-hybridized carbons (Fsp3) is 1.00. The first kappa shape index (κ1) is 16.8. The highest BCUT2D eigenvalue weighted by Crippen LogP contribution is 2.56. The Balaban J connectivity index is 1.76. The van der Waals surface area contributed by atoms with Crippen molar-refractivity contribution in [2.45, 2.75) is 110 Å². The van der Waals surface area contributed by atoms with Gasteiger partial charge in [-0.05, 0) is 41.9 Å². The van der Waals surface area contributed by atoms with E-state index in [9.17, 15) is 0 Å². The van der Waals surface area contributed by atoms with Crippen LogP contribution in [0.25, 0.3) is 0 Å². The molecule has 0 nitrogen and oxygen atoms in total. The molecule has 3 saturated carbocycles. The predicted octanol–water partition coefficient (Wildman–Crippen LogP) is 7.37. The molecule has 3 aliphatic carbocycles. The van der Waals surface area contributed by atoms with Gasteiger partial charge >= 0.3 is 0 Å². The van der Waals surface area contributed by atoms with E-state index in [1.165, 1.54) is 57.8 Å². The van der Waals surface area contributed by atoms with Gasteiger partial charge in [0.15, 0.2) is 0 Å². The lowest BCUT2D eigenvalue weighted by Gasteiger charge is -2.53. The predicted molar refractivity (Wildman–Crippen MR) is 97.0 cm³/mol. The number of rotatable bonds is 4. The molecule has 0 saturated heterocycles. The van der Waals surface area contributed by atoms with Crippen LogP contribution in [0.15, 0.2) is 0 Å². The lowest BCUT2D eigenvalue weighted by molar-refractivity contribution is -0.0317. The molecule has 0 bridgehead atoms. The molecule has 3 aliphatic rings. The van der Waals surface area contributed by atoms with Crippen LogP contribution < -0.4 is 0 Å². The minimum Gasteiger partial charge on any atom is -0.0617 e. The molecule has 22 heavy (non-hydrogen) atoms. The topological polar surface area (TPSA) is 0 Å². The summed E-state index contributed by atoms with van der Waals surface area (Å²) < 4.78 is 0. The van der Waals surface area contributed by atoms with Crippen molar-refractivity contribution in [1.29, 1.82) is 0 Å².